The Labute approximate surface area is 127 Å². The molecule has 0 aliphatic carbocycles. The second kappa shape index (κ2) is 6.04. The van der Waals surface area contributed by atoms with E-state index in [1.54, 1.807) is 10.4 Å². The minimum absolute atomic E-state index is 0.0185. The summed E-state index contributed by atoms with van der Waals surface area (Å²) in [6.07, 6.45) is 0. The first-order valence-corrected chi connectivity index (χ1v) is 8.72. The fraction of sp³-hybridized carbons (Fsp3) is 0.600. The molecule has 118 valence electrons. The largest absolute Gasteiger partial charge is 0.326 e. The van der Waals surface area contributed by atoms with E-state index in [1.165, 1.54) is 0 Å². The SMILES string of the molecule is Cc1cc(CN)cc(S(=O)(=O)N2CCN(C)CC2C)c1C. The Balaban J connectivity index is 2.47. The lowest BCUT2D eigenvalue weighted by atomic mass is 10.1. The summed E-state index contributed by atoms with van der Waals surface area (Å²) in [5.74, 6) is 0. The molecule has 1 aromatic carbocycles. The molecule has 0 bridgehead atoms. The number of nitrogens with zero attached hydrogens (tertiary/aromatic N) is 2. The van der Waals surface area contributed by atoms with Crippen LogP contribution in [0.1, 0.15) is 23.6 Å². The van der Waals surface area contributed by atoms with Crippen molar-refractivity contribution in [3.8, 4) is 0 Å². The molecule has 1 saturated heterocycles. The number of sulfonamides is 1. The van der Waals surface area contributed by atoms with Crippen LogP contribution in [0.4, 0.5) is 0 Å². The van der Waals surface area contributed by atoms with Crippen LogP contribution in [0.3, 0.4) is 0 Å². The summed E-state index contributed by atoms with van der Waals surface area (Å²) < 4.78 is 27.6. The predicted octanol–water partition coefficient (Wildman–Crippen LogP) is 1.09. The van der Waals surface area contributed by atoms with Crippen molar-refractivity contribution in [3.05, 3.63) is 28.8 Å². The van der Waals surface area contributed by atoms with Crippen molar-refractivity contribution in [1.29, 1.82) is 0 Å². The Kier molecular flexibility index (Phi) is 4.72. The third-order valence-corrected chi connectivity index (χ3v) is 6.41. The standard InChI is InChI=1S/C15H25N3O2S/c1-11-7-14(9-16)8-15(13(11)3)21(19,20)18-6-5-17(4)10-12(18)2/h7-8,12H,5-6,9-10,16H2,1-4H3. The molecule has 5 nitrogen and oxygen atoms in total. The average Bonchev–Trinajstić information content (AvgIpc) is 2.40. The lowest BCUT2D eigenvalue weighted by Crippen LogP contribution is -2.52. The molecule has 2 N–H and O–H groups in total. The van der Waals surface area contributed by atoms with Gasteiger partial charge in [-0.05, 0) is 50.6 Å². The van der Waals surface area contributed by atoms with Gasteiger partial charge in [-0.25, -0.2) is 8.42 Å². The van der Waals surface area contributed by atoms with Gasteiger partial charge in [0.25, 0.3) is 0 Å². The number of likely N-dealkylation sites (N-methyl/N-ethyl adjacent to an activating group) is 1. The van der Waals surface area contributed by atoms with Gasteiger partial charge in [0.1, 0.15) is 0 Å². The van der Waals surface area contributed by atoms with Crippen molar-refractivity contribution in [2.24, 2.45) is 5.73 Å². The highest BCUT2D eigenvalue weighted by Gasteiger charge is 2.33. The Morgan fingerprint density at radius 3 is 2.52 bits per heavy atom. The van der Waals surface area contributed by atoms with Gasteiger partial charge in [-0.2, -0.15) is 4.31 Å². The van der Waals surface area contributed by atoms with Gasteiger partial charge in [-0.3, -0.25) is 0 Å². The van der Waals surface area contributed by atoms with Crippen LogP contribution in [0.2, 0.25) is 0 Å². The van der Waals surface area contributed by atoms with Crippen LogP contribution in [0.15, 0.2) is 17.0 Å². The number of rotatable bonds is 3. The van der Waals surface area contributed by atoms with Gasteiger partial charge in [-0.1, -0.05) is 6.07 Å². The van der Waals surface area contributed by atoms with E-state index in [1.807, 2.05) is 33.9 Å². The summed E-state index contributed by atoms with van der Waals surface area (Å²) in [6, 6.07) is 3.67. The van der Waals surface area contributed by atoms with E-state index in [2.05, 4.69) is 4.90 Å². The summed E-state index contributed by atoms with van der Waals surface area (Å²) in [5.41, 5.74) is 8.34. The van der Waals surface area contributed by atoms with Gasteiger partial charge in [0, 0.05) is 32.2 Å². The third kappa shape index (κ3) is 3.13. The van der Waals surface area contributed by atoms with Gasteiger partial charge in [-0.15, -0.1) is 0 Å². The minimum Gasteiger partial charge on any atom is -0.326 e. The number of nitrogens with two attached hydrogens (primary N) is 1. The molecule has 1 aliphatic rings. The zero-order chi connectivity index (χ0) is 15.8. The zero-order valence-corrected chi connectivity index (χ0v) is 14.1. The predicted molar refractivity (Wildman–Crippen MR) is 84.7 cm³/mol. The van der Waals surface area contributed by atoms with Gasteiger partial charge in [0.15, 0.2) is 0 Å². The molecule has 0 amide bonds. The summed E-state index contributed by atoms with van der Waals surface area (Å²) >= 11 is 0. The van der Waals surface area contributed by atoms with Crippen LogP contribution in [-0.2, 0) is 16.6 Å². The third-order valence-electron chi connectivity index (χ3n) is 4.27. The van der Waals surface area contributed by atoms with Crippen molar-refractivity contribution in [2.45, 2.75) is 38.3 Å². The number of piperazine rings is 1. The highest BCUT2D eigenvalue weighted by molar-refractivity contribution is 7.89. The lowest BCUT2D eigenvalue weighted by molar-refractivity contribution is 0.170. The number of hydrogen-bond acceptors (Lipinski definition) is 4. The van der Waals surface area contributed by atoms with Crippen LogP contribution in [0.25, 0.3) is 0 Å². The minimum atomic E-state index is -3.47. The molecule has 0 radical (unpaired) electrons. The molecule has 1 unspecified atom stereocenters. The molecule has 1 fully saturated rings. The monoisotopic (exact) mass is 311 g/mol. The normalized spacial score (nSPS) is 21.7. The first-order chi connectivity index (χ1) is 9.77. The molecule has 1 heterocycles. The molecule has 0 spiro atoms. The summed E-state index contributed by atoms with van der Waals surface area (Å²) in [7, 11) is -1.45. The Morgan fingerprint density at radius 2 is 1.95 bits per heavy atom. The second-order valence-corrected chi connectivity index (χ2v) is 7.83. The molecule has 1 atom stereocenters. The van der Waals surface area contributed by atoms with Crippen molar-refractivity contribution in [2.75, 3.05) is 26.7 Å². The zero-order valence-electron chi connectivity index (χ0n) is 13.3. The molecule has 6 heteroatoms. The van der Waals surface area contributed by atoms with E-state index in [-0.39, 0.29) is 6.04 Å². The lowest BCUT2D eigenvalue weighted by Gasteiger charge is -2.37. The van der Waals surface area contributed by atoms with E-state index < -0.39 is 10.0 Å². The molecule has 1 aliphatic heterocycles. The molecule has 1 aromatic rings. The summed E-state index contributed by atoms with van der Waals surface area (Å²) in [6.45, 7) is 8.16. The number of benzene rings is 1. The summed E-state index contributed by atoms with van der Waals surface area (Å²) in [5, 5.41) is 0. The van der Waals surface area contributed by atoms with E-state index in [0.29, 0.717) is 18.0 Å². The van der Waals surface area contributed by atoms with Crippen LogP contribution in [0, 0.1) is 13.8 Å². The quantitative estimate of drug-likeness (QED) is 0.907. The maximum Gasteiger partial charge on any atom is 0.243 e. The Morgan fingerprint density at radius 1 is 1.29 bits per heavy atom. The maximum absolute atomic E-state index is 13.0. The summed E-state index contributed by atoms with van der Waals surface area (Å²) in [4.78, 5) is 2.56. The van der Waals surface area contributed by atoms with Crippen LogP contribution < -0.4 is 5.73 Å². The van der Waals surface area contributed by atoms with Crippen molar-refractivity contribution < 1.29 is 8.42 Å². The first kappa shape index (κ1) is 16.4. The number of aryl methyl sites for hydroxylation is 1. The van der Waals surface area contributed by atoms with Gasteiger partial charge >= 0.3 is 0 Å². The second-order valence-electron chi connectivity index (χ2n) is 5.97. The molecular formula is C15H25N3O2S. The highest BCUT2D eigenvalue weighted by Crippen LogP contribution is 2.26. The molecule has 0 saturated carbocycles. The van der Waals surface area contributed by atoms with Gasteiger partial charge < -0.3 is 10.6 Å². The van der Waals surface area contributed by atoms with Gasteiger partial charge in [0.05, 0.1) is 4.90 Å². The smallest absolute Gasteiger partial charge is 0.243 e. The first-order valence-electron chi connectivity index (χ1n) is 7.28. The highest BCUT2D eigenvalue weighted by atomic mass is 32.2. The van der Waals surface area contributed by atoms with E-state index in [4.69, 9.17) is 5.73 Å². The van der Waals surface area contributed by atoms with Crippen molar-refractivity contribution in [1.82, 2.24) is 9.21 Å². The average molecular weight is 311 g/mol. The van der Waals surface area contributed by atoms with Crippen molar-refractivity contribution in [3.63, 3.8) is 0 Å². The van der Waals surface area contributed by atoms with E-state index in [9.17, 15) is 8.42 Å². The number of hydrogen-bond donors (Lipinski definition) is 1. The fourth-order valence-electron chi connectivity index (χ4n) is 2.89. The maximum atomic E-state index is 13.0. The van der Waals surface area contributed by atoms with Crippen molar-refractivity contribution >= 4 is 10.0 Å². The topological polar surface area (TPSA) is 66.6 Å². The molecule has 2 rings (SSSR count). The van der Waals surface area contributed by atoms with E-state index in [0.717, 1.165) is 29.8 Å². The van der Waals surface area contributed by atoms with E-state index >= 15 is 0 Å². The Hall–Kier alpha value is -0.950. The van der Waals surface area contributed by atoms with Gasteiger partial charge in [0.2, 0.25) is 10.0 Å². The molecule has 0 aromatic heterocycles. The molecule has 21 heavy (non-hydrogen) atoms. The van der Waals surface area contributed by atoms with Crippen LogP contribution >= 0.6 is 0 Å². The van der Waals surface area contributed by atoms with Crippen LogP contribution in [-0.4, -0.2) is 50.3 Å². The van der Waals surface area contributed by atoms with Crippen LogP contribution in [0.5, 0.6) is 0 Å². The Bertz CT molecular complexity index is 628. The fourth-order valence-corrected chi connectivity index (χ4v) is 4.85. The molecular weight excluding hydrogens is 286 g/mol.